The lowest BCUT2D eigenvalue weighted by molar-refractivity contribution is 1.14. The van der Waals surface area contributed by atoms with E-state index in [1.54, 1.807) is 0 Å². The molecule has 2 N–H and O–H groups in total. The van der Waals surface area contributed by atoms with Crippen LogP contribution in [-0.2, 0) is 6.42 Å². The zero-order valence-electron chi connectivity index (χ0n) is 5.71. The molecule has 0 atom stereocenters. The van der Waals surface area contributed by atoms with Crippen LogP contribution in [0.15, 0.2) is 21.7 Å². The monoisotopic (exact) mass is 211 g/mol. The van der Waals surface area contributed by atoms with Crippen LogP contribution in [0.2, 0.25) is 0 Å². The van der Waals surface area contributed by atoms with E-state index in [0.29, 0.717) is 12.3 Å². The summed E-state index contributed by atoms with van der Waals surface area (Å²) in [7, 11) is 0. The van der Waals surface area contributed by atoms with Gasteiger partial charge in [-0.15, -0.1) is 0 Å². The standard InChI is InChI=1S/C7H6BrN3/c8-6-2-1-4-5(10-6)3-7(9)11-4/h1-2H,3H2,(H2,9,11). The van der Waals surface area contributed by atoms with Gasteiger partial charge in [-0.25, -0.2) is 9.98 Å². The van der Waals surface area contributed by atoms with Gasteiger partial charge >= 0.3 is 0 Å². The fourth-order valence-electron chi connectivity index (χ4n) is 1.07. The van der Waals surface area contributed by atoms with E-state index in [1.807, 2.05) is 12.1 Å². The van der Waals surface area contributed by atoms with Gasteiger partial charge in [0.2, 0.25) is 0 Å². The molecule has 0 bridgehead atoms. The molecule has 4 heteroatoms. The Hall–Kier alpha value is -0.900. The summed E-state index contributed by atoms with van der Waals surface area (Å²) in [6, 6.07) is 3.77. The Morgan fingerprint density at radius 1 is 1.45 bits per heavy atom. The number of halogens is 1. The van der Waals surface area contributed by atoms with Crippen molar-refractivity contribution in [1.29, 1.82) is 0 Å². The average Bonchev–Trinajstić information content (AvgIpc) is 2.27. The zero-order valence-corrected chi connectivity index (χ0v) is 7.30. The van der Waals surface area contributed by atoms with Crippen LogP contribution in [0.1, 0.15) is 5.69 Å². The second kappa shape index (κ2) is 2.30. The minimum atomic E-state index is 0.644. The topological polar surface area (TPSA) is 51.3 Å². The molecular weight excluding hydrogens is 206 g/mol. The van der Waals surface area contributed by atoms with Gasteiger partial charge in [-0.3, -0.25) is 0 Å². The van der Waals surface area contributed by atoms with Crippen molar-refractivity contribution >= 4 is 27.5 Å². The molecule has 0 amide bonds. The normalized spacial score (nSPS) is 14.5. The van der Waals surface area contributed by atoms with Gasteiger partial charge in [0.25, 0.3) is 0 Å². The number of hydrogen-bond acceptors (Lipinski definition) is 3. The van der Waals surface area contributed by atoms with Crippen molar-refractivity contribution in [3.8, 4) is 0 Å². The molecule has 0 aromatic carbocycles. The van der Waals surface area contributed by atoms with Crippen molar-refractivity contribution in [3.05, 3.63) is 22.4 Å². The summed E-state index contributed by atoms with van der Waals surface area (Å²) in [5, 5.41) is 0. The van der Waals surface area contributed by atoms with Crippen LogP contribution in [0.4, 0.5) is 5.69 Å². The summed E-state index contributed by atoms with van der Waals surface area (Å²) in [5.41, 5.74) is 7.38. The van der Waals surface area contributed by atoms with E-state index in [4.69, 9.17) is 5.73 Å². The van der Waals surface area contributed by atoms with Crippen LogP contribution in [0.3, 0.4) is 0 Å². The number of pyridine rings is 1. The molecule has 0 saturated carbocycles. The van der Waals surface area contributed by atoms with Crippen molar-refractivity contribution in [2.24, 2.45) is 10.7 Å². The molecule has 56 valence electrons. The quantitative estimate of drug-likeness (QED) is 0.660. The number of hydrogen-bond donors (Lipinski definition) is 1. The third-order valence-corrected chi connectivity index (χ3v) is 1.97. The van der Waals surface area contributed by atoms with Crippen LogP contribution >= 0.6 is 15.9 Å². The van der Waals surface area contributed by atoms with Crippen LogP contribution in [-0.4, -0.2) is 10.8 Å². The van der Waals surface area contributed by atoms with Crippen molar-refractivity contribution in [1.82, 2.24) is 4.98 Å². The fraction of sp³-hybridized carbons (Fsp3) is 0.143. The number of nitrogens with zero attached hydrogens (tertiary/aromatic N) is 2. The number of rotatable bonds is 0. The maximum Gasteiger partial charge on any atom is 0.106 e. The summed E-state index contributed by atoms with van der Waals surface area (Å²) in [6.07, 6.45) is 0.675. The van der Waals surface area contributed by atoms with E-state index in [2.05, 4.69) is 25.9 Å². The predicted molar refractivity (Wildman–Crippen MR) is 46.9 cm³/mol. The van der Waals surface area contributed by atoms with Crippen molar-refractivity contribution in [2.45, 2.75) is 6.42 Å². The van der Waals surface area contributed by atoms with Gasteiger partial charge < -0.3 is 5.73 Å². The lowest BCUT2D eigenvalue weighted by Crippen LogP contribution is -2.10. The van der Waals surface area contributed by atoms with E-state index in [-0.39, 0.29) is 0 Å². The lowest BCUT2D eigenvalue weighted by atomic mass is 10.3. The SMILES string of the molecule is NC1=Nc2ccc(Br)nc2C1. The smallest absolute Gasteiger partial charge is 0.106 e. The molecule has 1 aromatic heterocycles. The maximum atomic E-state index is 5.53. The molecule has 2 rings (SSSR count). The highest BCUT2D eigenvalue weighted by atomic mass is 79.9. The van der Waals surface area contributed by atoms with E-state index in [1.165, 1.54) is 0 Å². The Labute approximate surface area is 72.5 Å². The second-order valence-corrected chi connectivity index (χ2v) is 3.19. The Kier molecular flexibility index (Phi) is 1.42. The first-order valence-corrected chi connectivity index (χ1v) is 4.03. The summed E-state index contributed by atoms with van der Waals surface area (Å²) in [5.74, 6) is 0.644. The van der Waals surface area contributed by atoms with Gasteiger partial charge in [0.1, 0.15) is 10.4 Å². The molecule has 11 heavy (non-hydrogen) atoms. The molecule has 2 heterocycles. The van der Waals surface area contributed by atoms with E-state index < -0.39 is 0 Å². The number of nitrogens with two attached hydrogens (primary N) is 1. The Morgan fingerprint density at radius 3 is 3.09 bits per heavy atom. The van der Waals surface area contributed by atoms with Crippen LogP contribution in [0.5, 0.6) is 0 Å². The van der Waals surface area contributed by atoms with Gasteiger partial charge in [-0.05, 0) is 28.1 Å². The van der Waals surface area contributed by atoms with Gasteiger partial charge in [0.15, 0.2) is 0 Å². The highest BCUT2D eigenvalue weighted by Crippen LogP contribution is 2.24. The molecule has 1 aromatic rings. The number of aliphatic imine (C=N–C) groups is 1. The predicted octanol–water partition coefficient (Wildman–Crippen LogP) is 1.39. The molecule has 1 aliphatic rings. The molecular formula is C7H6BrN3. The van der Waals surface area contributed by atoms with Crippen LogP contribution in [0.25, 0.3) is 0 Å². The average molecular weight is 212 g/mol. The van der Waals surface area contributed by atoms with Gasteiger partial charge in [0.05, 0.1) is 11.4 Å². The number of aromatic nitrogens is 1. The maximum absolute atomic E-state index is 5.53. The fourth-order valence-corrected chi connectivity index (χ4v) is 1.41. The Bertz CT molecular complexity index is 332. The van der Waals surface area contributed by atoms with Gasteiger partial charge in [-0.1, -0.05) is 0 Å². The summed E-state index contributed by atoms with van der Waals surface area (Å²) >= 11 is 3.28. The number of fused-ring (bicyclic) bond motifs is 1. The molecule has 0 saturated heterocycles. The third kappa shape index (κ3) is 1.14. The third-order valence-electron chi connectivity index (χ3n) is 1.53. The summed E-state index contributed by atoms with van der Waals surface area (Å²) in [4.78, 5) is 8.33. The first-order chi connectivity index (χ1) is 5.25. The molecule has 0 fully saturated rings. The zero-order chi connectivity index (χ0) is 7.84. The molecule has 0 unspecified atom stereocenters. The Balaban J connectivity index is 2.52. The summed E-state index contributed by atoms with van der Waals surface area (Å²) < 4.78 is 0.834. The first-order valence-electron chi connectivity index (χ1n) is 3.24. The highest BCUT2D eigenvalue weighted by molar-refractivity contribution is 9.10. The van der Waals surface area contributed by atoms with Gasteiger partial charge in [-0.2, -0.15) is 0 Å². The van der Waals surface area contributed by atoms with Crippen LogP contribution in [0, 0.1) is 0 Å². The van der Waals surface area contributed by atoms with Crippen molar-refractivity contribution in [3.63, 3.8) is 0 Å². The summed E-state index contributed by atoms with van der Waals surface area (Å²) in [6.45, 7) is 0. The molecule has 3 nitrogen and oxygen atoms in total. The number of amidine groups is 1. The molecule has 0 radical (unpaired) electrons. The van der Waals surface area contributed by atoms with E-state index >= 15 is 0 Å². The highest BCUT2D eigenvalue weighted by Gasteiger charge is 2.12. The van der Waals surface area contributed by atoms with Crippen molar-refractivity contribution < 1.29 is 0 Å². The molecule has 0 aliphatic carbocycles. The van der Waals surface area contributed by atoms with Crippen LogP contribution < -0.4 is 5.73 Å². The van der Waals surface area contributed by atoms with Gasteiger partial charge in [0, 0.05) is 6.42 Å². The minimum Gasteiger partial charge on any atom is -0.387 e. The molecule has 1 aliphatic heterocycles. The Morgan fingerprint density at radius 2 is 2.27 bits per heavy atom. The van der Waals surface area contributed by atoms with E-state index in [9.17, 15) is 0 Å². The lowest BCUT2D eigenvalue weighted by Gasteiger charge is -1.94. The first kappa shape index (κ1) is 6.79. The molecule has 0 spiro atoms. The largest absolute Gasteiger partial charge is 0.387 e. The second-order valence-electron chi connectivity index (χ2n) is 2.38. The minimum absolute atomic E-state index is 0.644. The van der Waals surface area contributed by atoms with E-state index in [0.717, 1.165) is 16.0 Å². The van der Waals surface area contributed by atoms with Crippen molar-refractivity contribution in [2.75, 3.05) is 0 Å².